The van der Waals surface area contributed by atoms with Crippen molar-refractivity contribution in [3.05, 3.63) is 77.6 Å². The molecule has 0 saturated carbocycles. The number of Topliss-reactive ketones (excluding diaryl/α,β-unsaturated/α-hetero) is 1. The first-order valence-corrected chi connectivity index (χ1v) is 10.8. The fourth-order valence-electron chi connectivity index (χ4n) is 3.52. The van der Waals surface area contributed by atoms with Gasteiger partial charge in [0, 0.05) is 11.3 Å². The summed E-state index contributed by atoms with van der Waals surface area (Å²) in [6.07, 6.45) is 0. The van der Waals surface area contributed by atoms with Gasteiger partial charge in [-0.15, -0.1) is 0 Å². The van der Waals surface area contributed by atoms with Crippen molar-refractivity contribution < 1.29 is 33.0 Å². The number of carbonyl (C=O) groups excluding carboxylic acids is 3. The minimum absolute atomic E-state index is 0.0216. The highest BCUT2D eigenvalue weighted by Gasteiger charge is 2.28. The molecule has 35 heavy (non-hydrogen) atoms. The third-order valence-corrected chi connectivity index (χ3v) is 5.34. The van der Waals surface area contributed by atoms with Crippen LogP contribution in [-0.4, -0.2) is 44.5 Å². The minimum atomic E-state index is -0.568. The van der Waals surface area contributed by atoms with Gasteiger partial charge in [0.05, 0.1) is 12.8 Å². The highest BCUT2D eigenvalue weighted by Crippen LogP contribution is 2.33. The first-order chi connectivity index (χ1) is 16.8. The van der Waals surface area contributed by atoms with Gasteiger partial charge in [0.1, 0.15) is 18.0 Å². The van der Waals surface area contributed by atoms with Crippen molar-refractivity contribution in [3.63, 3.8) is 0 Å². The van der Waals surface area contributed by atoms with Crippen molar-refractivity contribution in [1.29, 1.82) is 0 Å². The molecule has 1 N–H and O–H groups in total. The molecule has 4 rings (SSSR count). The monoisotopic (exact) mass is 478 g/mol. The van der Waals surface area contributed by atoms with Crippen molar-refractivity contribution in [1.82, 2.24) is 0 Å². The summed E-state index contributed by atoms with van der Waals surface area (Å²) in [5, 5.41) is 2.73. The number of benzene rings is 3. The number of rotatable bonds is 8. The van der Waals surface area contributed by atoms with Gasteiger partial charge in [-0.05, 0) is 67.1 Å². The number of aryl methyl sites for hydroxylation is 1. The van der Waals surface area contributed by atoms with Crippen molar-refractivity contribution in [2.24, 2.45) is 0 Å². The van der Waals surface area contributed by atoms with Gasteiger partial charge in [0.25, 0.3) is 5.91 Å². The zero-order chi connectivity index (χ0) is 24.9. The SMILES string of the molecule is COc1ccc(NC(=O)CN2C(=O)COc3ccc(C(=O)COc4cc(C)ccc4F)cc32)cc1. The Morgan fingerprint density at radius 3 is 2.60 bits per heavy atom. The summed E-state index contributed by atoms with van der Waals surface area (Å²) in [5.41, 5.74) is 1.86. The van der Waals surface area contributed by atoms with Crippen LogP contribution in [0.1, 0.15) is 15.9 Å². The van der Waals surface area contributed by atoms with E-state index in [0.29, 0.717) is 22.9 Å². The molecule has 3 aromatic rings. The lowest BCUT2D eigenvalue weighted by Gasteiger charge is -2.29. The van der Waals surface area contributed by atoms with Crippen LogP contribution in [0.25, 0.3) is 0 Å². The van der Waals surface area contributed by atoms with Crippen LogP contribution in [0.3, 0.4) is 0 Å². The van der Waals surface area contributed by atoms with Crippen LogP contribution < -0.4 is 24.4 Å². The molecule has 1 aliphatic rings. The van der Waals surface area contributed by atoms with Crippen LogP contribution in [0.15, 0.2) is 60.7 Å². The highest BCUT2D eigenvalue weighted by atomic mass is 19.1. The van der Waals surface area contributed by atoms with Gasteiger partial charge in [0.2, 0.25) is 5.91 Å². The standard InChI is InChI=1S/C26H23FN2O6/c1-16-3-9-20(27)24(11-16)34-14-22(30)17-4-10-23-21(12-17)29(26(32)15-35-23)13-25(31)28-18-5-7-19(33-2)8-6-18/h3-12H,13-15H2,1-2H3,(H,28,31). The van der Waals surface area contributed by atoms with Crippen LogP contribution in [-0.2, 0) is 9.59 Å². The number of hydrogen-bond acceptors (Lipinski definition) is 6. The van der Waals surface area contributed by atoms with E-state index in [1.54, 1.807) is 50.4 Å². The molecule has 9 heteroatoms. The van der Waals surface area contributed by atoms with Crippen molar-refractivity contribution in [3.8, 4) is 17.2 Å². The first kappa shape index (κ1) is 23.7. The second-order valence-corrected chi connectivity index (χ2v) is 7.87. The Hall–Kier alpha value is -4.40. The van der Waals surface area contributed by atoms with Gasteiger partial charge in [-0.1, -0.05) is 6.07 Å². The molecule has 2 amide bonds. The quantitative estimate of drug-likeness (QED) is 0.496. The number of nitrogens with zero attached hydrogens (tertiary/aromatic N) is 1. The summed E-state index contributed by atoms with van der Waals surface area (Å²) >= 11 is 0. The van der Waals surface area contributed by atoms with Gasteiger partial charge < -0.3 is 19.5 Å². The molecule has 0 aliphatic carbocycles. The van der Waals surface area contributed by atoms with Crippen LogP contribution in [0, 0.1) is 12.7 Å². The lowest BCUT2D eigenvalue weighted by Crippen LogP contribution is -2.43. The normalized spacial score (nSPS) is 12.4. The van der Waals surface area contributed by atoms with Gasteiger partial charge in [-0.3, -0.25) is 19.3 Å². The van der Waals surface area contributed by atoms with E-state index >= 15 is 0 Å². The van der Waals surface area contributed by atoms with Gasteiger partial charge >= 0.3 is 0 Å². The molecule has 0 atom stereocenters. The summed E-state index contributed by atoms with van der Waals surface area (Å²) in [7, 11) is 1.54. The number of nitrogens with one attached hydrogen (secondary N) is 1. The van der Waals surface area contributed by atoms with Crippen LogP contribution in [0.2, 0.25) is 0 Å². The highest BCUT2D eigenvalue weighted by molar-refractivity contribution is 6.06. The number of methoxy groups -OCH3 is 1. The van der Waals surface area contributed by atoms with E-state index in [1.165, 1.54) is 29.2 Å². The molecule has 1 heterocycles. The van der Waals surface area contributed by atoms with Crippen molar-refractivity contribution in [2.75, 3.05) is 37.1 Å². The molecule has 0 bridgehead atoms. The number of hydrogen-bond donors (Lipinski definition) is 1. The maximum atomic E-state index is 13.9. The van der Waals surface area contributed by atoms with E-state index in [2.05, 4.69) is 5.32 Å². The third-order valence-electron chi connectivity index (χ3n) is 5.34. The Kier molecular flexibility index (Phi) is 6.96. The Morgan fingerprint density at radius 2 is 1.86 bits per heavy atom. The van der Waals surface area contributed by atoms with E-state index in [-0.39, 0.29) is 24.5 Å². The summed E-state index contributed by atoms with van der Waals surface area (Å²) in [6, 6.07) is 15.7. The minimum Gasteiger partial charge on any atom is -0.497 e. The second kappa shape index (κ2) is 10.3. The number of ketones is 1. The number of fused-ring (bicyclic) bond motifs is 1. The summed E-state index contributed by atoms with van der Waals surface area (Å²) in [4.78, 5) is 39.2. The Bertz CT molecular complexity index is 1280. The number of halogens is 1. The van der Waals surface area contributed by atoms with E-state index in [1.807, 2.05) is 0 Å². The molecule has 3 aromatic carbocycles. The molecule has 1 aliphatic heterocycles. The Balaban J connectivity index is 1.47. The van der Waals surface area contributed by atoms with E-state index in [9.17, 15) is 18.8 Å². The van der Waals surface area contributed by atoms with Gasteiger partial charge in [0.15, 0.2) is 30.6 Å². The molecule has 0 radical (unpaired) electrons. The number of ether oxygens (including phenoxy) is 3. The molecule has 0 aromatic heterocycles. The number of amides is 2. The molecule has 0 fully saturated rings. The van der Waals surface area contributed by atoms with Gasteiger partial charge in [-0.25, -0.2) is 4.39 Å². The third kappa shape index (κ3) is 5.57. The average molecular weight is 478 g/mol. The lowest BCUT2D eigenvalue weighted by atomic mass is 10.1. The Morgan fingerprint density at radius 1 is 1.09 bits per heavy atom. The van der Waals surface area contributed by atoms with Gasteiger partial charge in [-0.2, -0.15) is 0 Å². The van der Waals surface area contributed by atoms with Crippen molar-refractivity contribution in [2.45, 2.75) is 6.92 Å². The summed E-state index contributed by atoms with van der Waals surface area (Å²) < 4.78 is 29.8. The van der Waals surface area contributed by atoms with Crippen LogP contribution in [0.5, 0.6) is 17.2 Å². The molecule has 8 nitrogen and oxygen atoms in total. The number of anilines is 2. The van der Waals surface area contributed by atoms with Crippen molar-refractivity contribution >= 4 is 29.0 Å². The number of carbonyl (C=O) groups is 3. The fourth-order valence-corrected chi connectivity index (χ4v) is 3.52. The molecule has 180 valence electrons. The van der Waals surface area contributed by atoms with Crippen LogP contribution in [0.4, 0.5) is 15.8 Å². The van der Waals surface area contributed by atoms with E-state index in [4.69, 9.17) is 14.2 Å². The topological polar surface area (TPSA) is 94.2 Å². The largest absolute Gasteiger partial charge is 0.497 e. The van der Waals surface area contributed by atoms with Crippen LogP contribution >= 0.6 is 0 Å². The predicted molar refractivity (Wildman–Crippen MR) is 127 cm³/mol. The maximum Gasteiger partial charge on any atom is 0.265 e. The lowest BCUT2D eigenvalue weighted by molar-refractivity contribution is -0.123. The fraction of sp³-hybridized carbons (Fsp3) is 0.192. The zero-order valence-corrected chi connectivity index (χ0v) is 19.2. The molecule has 0 saturated heterocycles. The second-order valence-electron chi connectivity index (χ2n) is 7.87. The summed E-state index contributed by atoms with van der Waals surface area (Å²) in [5.74, 6) is -0.852. The first-order valence-electron chi connectivity index (χ1n) is 10.8. The molecular weight excluding hydrogens is 455 g/mol. The van der Waals surface area contributed by atoms with E-state index < -0.39 is 30.0 Å². The summed E-state index contributed by atoms with van der Waals surface area (Å²) in [6.45, 7) is 0.885. The molecule has 0 unspecified atom stereocenters. The predicted octanol–water partition coefficient (Wildman–Crippen LogP) is 3.77. The average Bonchev–Trinajstić information content (AvgIpc) is 2.86. The van der Waals surface area contributed by atoms with E-state index in [0.717, 1.165) is 5.56 Å². The maximum absolute atomic E-state index is 13.9. The smallest absolute Gasteiger partial charge is 0.265 e. The molecule has 0 spiro atoms. The molecular formula is C26H23FN2O6. The Labute approximate surface area is 201 Å². The zero-order valence-electron chi connectivity index (χ0n) is 19.2.